The molecule has 19 heavy (non-hydrogen) atoms. The molecule has 0 spiro atoms. The van der Waals surface area contributed by atoms with Crippen LogP contribution in [0.5, 0.6) is 0 Å². The van der Waals surface area contributed by atoms with Gasteiger partial charge in [0.1, 0.15) is 0 Å². The minimum Gasteiger partial charge on any atom is -0.453 e. The number of methoxy groups -OCH3 is 1. The van der Waals surface area contributed by atoms with Crippen LogP contribution in [0.2, 0.25) is 0 Å². The molecular formula is C12H16ClNO4S. The van der Waals surface area contributed by atoms with Gasteiger partial charge in [0.15, 0.2) is 0 Å². The molecule has 1 rings (SSSR count). The second-order valence-corrected chi connectivity index (χ2v) is 6.44. The van der Waals surface area contributed by atoms with Crippen molar-refractivity contribution in [2.24, 2.45) is 0 Å². The summed E-state index contributed by atoms with van der Waals surface area (Å²) < 4.78 is 27.4. The SMILES string of the molecule is CCc1cc(S(=O)(=O)Cl)cc(CC)c1NC(=O)OC. The van der Waals surface area contributed by atoms with Gasteiger partial charge in [-0.15, -0.1) is 0 Å². The molecule has 106 valence electrons. The molecule has 0 aromatic heterocycles. The zero-order chi connectivity index (χ0) is 14.6. The Morgan fingerprint density at radius 2 is 1.74 bits per heavy atom. The number of anilines is 1. The first kappa shape index (κ1) is 15.8. The van der Waals surface area contributed by atoms with Crippen molar-refractivity contribution in [3.8, 4) is 0 Å². The fraction of sp³-hybridized carbons (Fsp3) is 0.417. The Hall–Kier alpha value is -1.27. The average molecular weight is 306 g/mol. The summed E-state index contributed by atoms with van der Waals surface area (Å²) in [7, 11) is 2.84. The van der Waals surface area contributed by atoms with Crippen LogP contribution in [0.4, 0.5) is 10.5 Å². The molecule has 1 N–H and O–H groups in total. The lowest BCUT2D eigenvalue weighted by Gasteiger charge is -2.15. The summed E-state index contributed by atoms with van der Waals surface area (Å²) in [6, 6.07) is 2.93. The second-order valence-electron chi connectivity index (χ2n) is 3.88. The number of benzene rings is 1. The molecule has 0 heterocycles. The molecule has 5 nitrogen and oxygen atoms in total. The summed E-state index contributed by atoms with van der Waals surface area (Å²) in [4.78, 5) is 11.4. The lowest BCUT2D eigenvalue weighted by molar-refractivity contribution is 0.187. The van der Waals surface area contributed by atoms with E-state index in [1.807, 2.05) is 13.8 Å². The first-order valence-corrected chi connectivity index (χ1v) is 8.09. The van der Waals surface area contributed by atoms with Crippen LogP contribution in [0.3, 0.4) is 0 Å². The Morgan fingerprint density at radius 3 is 2.05 bits per heavy atom. The number of carbonyl (C=O) groups is 1. The van der Waals surface area contributed by atoms with Gasteiger partial charge in [0.2, 0.25) is 0 Å². The van der Waals surface area contributed by atoms with E-state index < -0.39 is 15.1 Å². The highest BCUT2D eigenvalue weighted by molar-refractivity contribution is 8.13. The van der Waals surface area contributed by atoms with Crippen LogP contribution in [0, 0.1) is 0 Å². The van der Waals surface area contributed by atoms with E-state index in [9.17, 15) is 13.2 Å². The minimum atomic E-state index is -3.79. The van der Waals surface area contributed by atoms with E-state index in [-0.39, 0.29) is 4.90 Å². The fourth-order valence-electron chi connectivity index (χ4n) is 1.75. The van der Waals surface area contributed by atoms with E-state index in [2.05, 4.69) is 10.1 Å². The van der Waals surface area contributed by atoms with Crippen molar-refractivity contribution in [3.05, 3.63) is 23.3 Å². The second kappa shape index (κ2) is 6.25. The standard InChI is InChI=1S/C12H16ClNO4S/c1-4-8-6-10(19(13,16)17)7-9(5-2)11(8)14-12(15)18-3/h6-7H,4-5H2,1-3H3,(H,14,15). The van der Waals surface area contributed by atoms with Gasteiger partial charge in [0.25, 0.3) is 9.05 Å². The Balaban J connectivity index is 3.42. The van der Waals surface area contributed by atoms with Gasteiger partial charge in [-0.3, -0.25) is 5.32 Å². The zero-order valence-electron chi connectivity index (χ0n) is 11.0. The van der Waals surface area contributed by atoms with Crippen molar-refractivity contribution in [1.82, 2.24) is 0 Å². The van der Waals surface area contributed by atoms with Gasteiger partial charge < -0.3 is 4.74 Å². The molecule has 0 atom stereocenters. The molecule has 1 aromatic carbocycles. The largest absolute Gasteiger partial charge is 0.453 e. The number of halogens is 1. The predicted molar refractivity (Wildman–Crippen MR) is 74.3 cm³/mol. The van der Waals surface area contributed by atoms with Crippen LogP contribution in [0.1, 0.15) is 25.0 Å². The highest BCUT2D eigenvalue weighted by Gasteiger charge is 2.17. The Labute approximate surface area is 117 Å². The van der Waals surface area contributed by atoms with Crippen molar-refractivity contribution in [1.29, 1.82) is 0 Å². The molecule has 0 fully saturated rings. The molecule has 7 heteroatoms. The topological polar surface area (TPSA) is 72.5 Å². The van der Waals surface area contributed by atoms with Crippen LogP contribution in [-0.2, 0) is 26.6 Å². The highest BCUT2D eigenvalue weighted by Crippen LogP contribution is 2.28. The van der Waals surface area contributed by atoms with E-state index in [4.69, 9.17) is 10.7 Å². The molecule has 1 amide bonds. The maximum atomic E-state index is 11.4. The monoisotopic (exact) mass is 305 g/mol. The number of amides is 1. The van der Waals surface area contributed by atoms with E-state index in [0.717, 1.165) is 0 Å². The summed E-state index contributed by atoms with van der Waals surface area (Å²) in [5.41, 5.74) is 1.98. The number of carbonyl (C=O) groups excluding carboxylic acids is 1. The van der Waals surface area contributed by atoms with E-state index in [1.165, 1.54) is 19.2 Å². The molecule has 0 aliphatic rings. The zero-order valence-corrected chi connectivity index (χ0v) is 12.6. The number of nitrogens with one attached hydrogen (secondary N) is 1. The van der Waals surface area contributed by atoms with Gasteiger partial charge in [-0.05, 0) is 36.1 Å². The number of rotatable bonds is 4. The summed E-state index contributed by atoms with van der Waals surface area (Å²) in [5.74, 6) is 0. The minimum absolute atomic E-state index is 0.0401. The van der Waals surface area contributed by atoms with Gasteiger partial charge in [0, 0.05) is 10.7 Å². The van der Waals surface area contributed by atoms with Gasteiger partial charge in [-0.25, -0.2) is 13.2 Å². The third-order valence-electron chi connectivity index (χ3n) is 2.73. The Bertz CT molecular complexity index is 558. The van der Waals surface area contributed by atoms with Gasteiger partial charge in [-0.1, -0.05) is 13.8 Å². The molecule has 0 unspecified atom stereocenters. The lowest BCUT2D eigenvalue weighted by atomic mass is 10.0. The third-order valence-corrected chi connectivity index (χ3v) is 4.06. The quantitative estimate of drug-likeness (QED) is 0.868. The van der Waals surface area contributed by atoms with Crippen molar-refractivity contribution >= 4 is 31.5 Å². The molecule has 0 aliphatic heterocycles. The summed E-state index contributed by atoms with van der Waals surface area (Å²) in [6.07, 6.45) is 0.532. The molecule has 0 radical (unpaired) electrons. The first-order valence-electron chi connectivity index (χ1n) is 5.78. The van der Waals surface area contributed by atoms with Crippen LogP contribution in [-0.4, -0.2) is 21.6 Å². The number of hydrogen-bond acceptors (Lipinski definition) is 4. The molecule has 0 bridgehead atoms. The van der Waals surface area contributed by atoms with E-state index >= 15 is 0 Å². The van der Waals surface area contributed by atoms with Gasteiger partial charge in [0.05, 0.1) is 17.7 Å². The average Bonchev–Trinajstić information content (AvgIpc) is 2.37. The predicted octanol–water partition coefficient (Wildman–Crippen LogP) is 2.92. The lowest BCUT2D eigenvalue weighted by Crippen LogP contribution is -2.14. The third kappa shape index (κ3) is 3.84. The first-order chi connectivity index (χ1) is 8.83. The number of aryl methyl sites for hydroxylation is 2. The van der Waals surface area contributed by atoms with Crippen LogP contribution in [0.15, 0.2) is 17.0 Å². The normalized spacial score (nSPS) is 11.2. The molecule has 0 aliphatic carbocycles. The molecule has 0 saturated carbocycles. The van der Waals surface area contributed by atoms with Crippen molar-refractivity contribution in [2.45, 2.75) is 31.6 Å². The van der Waals surface area contributed by atoms with E-state index in [0.29, 0.717) is 29.7 Å². The molecular weight excluding hydrogens is 290 g/mol. The summed E-state index contributed by atoms with van der Waals surface area (Å²) >= 11 is 0. The number of hydrogen-bond donors (Lipinski definition) is 1. The summed E-state index contributed by atoms with van der Waals surface area (Å²) in [6.45, 7) is 3.73. The van der Waals surface area contributed by atoms with Crippen molar-refractivity contribution < 1.29 is 17.9 Å². The van der Waals surface area contributed by atoms with Gasteiger partial charge in [-0.2, -0.15) is 0 Å². The maximum Gasteiger partial charge on any atom is 0.411 e. The van der Waals surface area contributed by atoms with E-state index in [1.54, 1.807) is 0 Å². The molecule has 1 aromatic rings. The number of ether oxygens (including phenoxy) is 1. The van der Waals surface area contributed by atoms with Crippen molar-refractivity contribution in [2.75, 3.05) is 12.4 Å². The Kier molecular flexibility index (Phi) is 5.20. The summed E-state index contributed by atoms with van der Waals surface area (Å²) in [5, 5.41) is 2.61. The van der Waals surface area contributed by atoms with Crippen LogP contribution < -0.4 is 5.32 Å². The molecule has 0 saturated heterocycles. The van der Waals surface area contributed by atoms with Crippen LogP contribution >= 0.6 is 10.7 Å². The van der Waals surface area contributed by atoms with Crippen LogP contribution in [0.25, 0.3) is 0 Å². The Morgan fingerprint density at radius 1 is 1.26 bits per heavy atom. The highest BCUT2D eigenvalue weighted by atomic mass is 35.7. The van der Waals surface area contributed by atoms with Gasteiger partial charge >= 0.3 is 6.09 Å². The fourth-order valence-corrected chi connectivity index (χ4v) is 2.58. The maximum absolute atomic E-state index is 11.4. The van der Waals surface area contributed by atoms with Crippen molar-refractivity contribution in [3.63, 3.8) is 0 Å². The smallest absolute Gasteiger partial charge is 0.411 e.